The van der Waals surface area contributed by atoms with Crippen LogP contribution in [0.2, 0.25) is 0 Å². The molecule has 2 unspecified atom stereocenters. The summed E-state index contributed by atoms with van der Waals surface area (Å²) in [5.74, 6) is 0.611. The number of benzene rings is 1. The van der Waals surface area contributed by atoms with Gasteiger partial charge in [0.2, 0.25) is 0 Å². The molecule has 3 aromatic rings. The Kier molecular flexibility index (Phi) is 5.93. The maximum atomic E-state index is 13.2. The van der Waals surface area contributed by atoms with Gasteiger partial charge in [0.05, 0.1) is 32.5 Å². The number of hydrogen-bond donors (Lipinski definition) is 1. The minimum absolute atomic E-state index is 0.0930. The third-order valence-electron chi connectivity index (χ3n) is 4.77. The lowest BCUT2D eigenvalue weighted by Crippen LogP contribution is -2.40. The van der Waals surface area contributed by atoms with Crippen molar-refractivity contribution in [2.75, 3.05) is 0 Å². The zero-order chi connectivity index (χ0) is 21.7. The molecule has 2 atom stereocenters. The number of nitrogens with zero attached hydrogens (tertiary/aromatic N) is 3. The van der Waals surface area contributed by atoms with Gasteiger partial charge in [-0.25, -0.2) is 9.97 Å². The van der Waals surface area contributed by atoms with Crippen LogP contribution in [0.15, 0.2) is 16.9 Å². The summed E-state index contributed by atoms with van der Waals surface area (Å²) in [6, 6.07) is 3.66. The van der Waals surface area contributed by atoms with E-state index in [2.05, 4.69) is 9.71 Å². The first kappa shape index (κ1) is 22.0. The minimum Gasteiger partial charge on any atom is -0.598 e. The first-order valence-electron chi connectivity index (χ1n) is 9.54. The molecule has 0 bridgehead atoms. The molecule has 0 amide bonds. The predicted molar refractivity (Wildman–Crippen MR) is 122 cm³/mol. The molecule has 2 aromatic heterocycles. The zero-order valence-corrected chi connectivity index (χ0v) is 19.8. The van der Waals surface area contributed by atoms with E-state index in [4.69, 9.17) is 4.98 Å². The van der Waals surface area contributed by atoms with Gasteiger partial charge in [0, 0.05) is 24.0 Å². The Morgan fingerprint density at radius 3 is 2.41 bits per heavy atom. The molecule has 3 rings (SSSR count). The van der Waals surface area contributed by atoms with Crippen LogP contribution in [0.5, 0.6) is 0 Å². The van der Waals surface area contributed by atoms with Gasteiger partial charge in [-0.3, -0.25) is 9.36 Å². The summed E-state index contributed by atoms with van der Waals surface area (Å²) in [6.45, 7) is 13.6. The van der Waals surface area contributed by atoms with Crippen molar-refractivity contribution < 1.29 is 4.55 Å². The van der Waals surface area contributed by atoms with E-state index in [1.807, 2.05) is 60.6 Å². The zero-order valence-electron chi connectivity index (χ0n) is 18.2. The Morgan fingerprint density at radius 1 is 1.21 bits per heavy atom. The van der Waals surface area contributed by atoms with Gasteiger partial charge in [0.25, 0.3) is 5.56 Å². The summed E-state index contributed by atoms with van der Waals surface area (Å²) in [4.78, 5) is 23.5. The van der Waals surface area contributed by atoms with Crippen LogP contribution in [0.1, 0.15) is 55.6 Å². The second-order valence-electron chi connectivity index (χ2n) is 8.42. The number of nitrogens with one attached hydrogen (secondary N) is 1. The number of aromatic nitrogens is 3. The van der Waals surface area contributed by atoms with Gasteiger partial charge in [-0.2, -0.15) is 0 Å². The molecule has 0 aliphatic heterocycles. The van der Waals surface area contributed by atoms with Crippen molar-refractivity contribution in [1.82, 2.24) is 19.3 Å². The van der Waals surface area contributed by atoms with Crippen molar-refractivity contribution in [3.8, 4) is 10.7 Å². The summed E-state index contributed by atoms with van der Waals surface area (Å²) in [5, 5.41) is 1.51. The first-order chi connectivity index (χ1) is 13.4. The summed E-state index contributed by atoms with van der Waals surface area (Å²) in [6.07, 6.45) is 0. The molecule has 1 aromatic carbocycles. The smallest absolute Gasteiger partial charge is 0.261 e. The minimum atomic E-state index is -1.24. The number of hydrogen-bond acceptors (Lipinski definition) is 6. The molecule has 0 saturated heterocycles. The fourth-order valence-electron chi connectivity index (χ4n) is 3.23. The monoisotopic (exact) mass is 432 g/mol. The number of rotatable bonds is 4. The third-order valence-corrected chi connectivity index (χ3v) is 7.52. The van der Waals surface area contributed by atoms with Crippen LogP contribution in [0, 0.1) is 20.8 Å². The molecule has 156 valence electrons. The van der Waals surface area contributed by atoms with Crippen LogP contribution in [-0.4, -0.2) is 23.8 Å². The van der Waals surface area contributed by atoms with E-state index >= 15 is 0 Å². The third kappa shape index (κ3) is 4.26. The Morgan fingerprint density at radius 2 is 1.86 bits per heavy atom. The van der Waals surface area contributed by atoms with Crippen LogP contribution in [0.4, 0.5) is 0 Å². The molecule has 0 spiro atoms. The van der Waals surface area contributed by atoms with E-state index in [1.165, 1.54) is 11.3 Å². The predicted octanol–water partition coefficient (Wildman–Crippen LogP) is 4.10. The van der Waals surface area contributed by atoms with Gasteiger partial charge in [-0.1, -0.05) is 6.07 Å². The van der Waals surface area contributed by atoms with Crippen molar-refractivity contribution in [1.29, 1.82) is 0 Å². The Bertz CT molecular complexity index is 1130. The molecule has 0 aliphatic rings. The average molecular weight is 433 g/mol. The van der Waals surface area contributed by atoms with Gasteiger partial charge < -0.3 is 4.55 Å². The second kappa shape index (κ2) is 7.83. The molecule has 6 nitrogen and oxygen atoms in total. The van der Waals surface area contributed by atoms with Gasteiger partial charge in [-0.15, -0.1) is 16.1 Å². The van der Waals surface area contributed by atoms with Crippen LogP contribution in [0.25, 0.3) is 21.6 Å². The molecule has 8 heteroatoms. The Labute approximate surface area is 178 Å². The molecule has 0 aliphatic carbocycles. The number of aryl methyl sites for hydroxylation is 3. The highest BCUT2D eigenvalue weighted by Crippen LogP contribution is 2.31. The van der Waals surface area contributed by atoms with E-state index < -0.39 is 11.4 Å². The quantitative estimate of drug-likeness (QED) is 0.628. The van der Waals surface area contributed by atoms with Crippen LogP contribution in [0.3, 0.4) is 0 Å². The number of fused-ring (bicyclic) bond motifs is 1. The highest BCUT2D eigenvalue weighted by atomic mass is 32.2. The largest absolute Gasteiger partial charge is 0.598 e. The lowest BCUT2D eigenvalue weighted by atomic mass is 10.0. The normalized spacial score (nSPS) is 14.4. The van der Waals surface area contributed by atoms with Crippen LogP contribution < -0.4 is 10.3 Å². The highest BCUT2D eigenvalue weighted by Gasteiger charge is 2.29. The SMILES string of the molecule is Cc1cc(C(C)N[S+]([O-])C(C)(C)C)c2nc(-c3sc(C)nc3C)n(C)c(=O)c2c1. The van der Waals surface area contributed by atoms with Crippen LogP contribution in [-0.2, 0) is 18.4 Å². The fraction of sp³-hybridized carbons (Fsp3) is 0.476. The van der Waals surface area contributed by atoms with Gasteiger partial charge in [0.15, 0.2) is 5.82 Å². The van der Waals surface area contributed by atoms with E-state index in [1.54, 1.807) is 11.6 Å². The molecular weight excluding hydrogens is 404 g/mol. The van der Waals surface area contributed by atoms with Gasteiger partial charge in [-0.05, 0) is 60.1 Å². The van der Waals surface area contributed by atoms with Gasteiger partial charge in [0.1, 0.15) is 4.75 Å². The molecular formula is C21H28N4O2S2. The lowest BCUT2D eigenvalue weighted by Gasteiger charge is -2.27. The summed E-state index contributed by atoms with van der Waals surface area (Å²) in [7, 11) is 1.75. The Hall–Kier alpha value is -1.74. The fourth-order valence-corrected chi connectivity index (χ4v) is 4.97. The number of thiazole rings is 1. The average Bonchev–Trinajstić information content (AvgIpc) is 2.95. The molecule has 1 N–H and O–H groups in total. The first-order valence-corrected chi connectivity index (χ1v) is 11.5. The molecule has 0 fully saturated rings. The second-order valence-corrected chi connectivity index (χ2v) is 11.6. The Balaban J connectivity index is 2.23. The van der Waals surface area contributed by atoms with E-state index in [9.17, 15) is 9.35 Å². The summed E-state index contributed by atoms with van der Waals surface area (Å²) in [5.41, 5.74) is 3.26. The summed E-state index contributed by atoms with van der Waals surface area (Å²) >= 11 is 0.295. The summed E-state index contributed by atoms with van der Waals surface area (Å²) < 4.78 is 17.0. The van der Waals surface area contributed by atoms with Crippen molar-refractivity contribution in [3.05, 3.63) is 44.3 Å². The molecule has 2 heterocycles. The molecule has 29 heavy (non-hydrogen) atoms. The maximum absolute atomic E-state index is 13.2. The van der Waals surface area contributed by atoms with Crippen molar-refractivity contribution in [2.45, 2.75) is 59.3 Å². The molecule has 0 saturated carbocycles. The van der Waals surface area contributed by atoms with E-state index in [0.29, 0.717) is 16.7 Å². The van der Waals surface area contributed by atoms with Crippen molar-refractivity contribution >= 4 is 33.6 Å². The maximum Gasteiger partial charge on any atom is 0.261 e. The topological polar surface area (TPSA) is 82.9 Å². The van der Waals surface area contributed by atoms with Crippen molar-refractivity contribution in [3.63, 3.8) is 0 Å². The molecule has 0 radical (unpaired) electrons. The lowest BCUT2D eigenvalue weighted by molar-refractivity contribution is 0.531. The highest BCUT2D eigenvalue weighted by molar-refractivity contribution is 7.90. The van der Waals surface area contributed by atoms with Crippen molar-refractivity contribution in [2.24, 2.45) is 7.05 Å². The van der Waals surface area contributed by atoms with Crippen LogP contribution >= 0.6 is 11.3 Å². The van der Waals surface area contributed by atoms with E-state index in [0.717, 1.165) is 26.7 Å². The van der Waals surface area contributed by atoms with Gasteiger partial charge >= 0.3 is 0 Å². The standard InChI is InChI=1S/C21H28N4O2S2/c1-11-9-15(12(2)24-29(27)21(5,6)7)17-16(10-11)20(26)25(8)19(23-17)18-13(3)22-14(4)28-18/h9-10,12,24H,1-8H3. The van der Waals surface area contributed by atoms with E-state index in [-0.39, 0.29) is 16.3 Å².